The standard InChI is InChI=1S/C38H56N4O7S/c1-4-11-32(39-38(46)34(26-28-12-7-5-8-13-28)41-50(47,48)42-20-22-49-23-21-42)37(45)40-33(36(44)35(43)24-27(2)3)25-29-16-18-31(19-17-29)30-14-9-6-10-15-30/h4-10,12-15,27,29,31-36,41,43-44H,1,11,16-26H2,2-3H3,(H,39,46)(H,40,45)/t29?,31?,32-,33+,34-,35+,36-/m0/s1. The van der Waals surface area contributed by atoms with Gasteiger partial charge in [0.05, 0.1) is 25.4 Å². The summed E-state index contributed by atoms with van der Waals surface area (Å²) in [5.74, 6) is -0.365. The largest absolute Gasteiger partial charge is 0.390 e. The summed E-state index contributed by atoms with van der Waals surface area (Å²) >= 11 is 0. The second-order valence-corrected chi connectivity index (χ2v) is 15.8. The number of aliphatic hydroxyl groups is 2. The number of hydrogen-bond donors (Lipinski definition) is 5. The lowest BCUT2D eigenvalue weighted by molar-refractivity contribution is -0.131. The molecular formula is C38H56N4O7S. The molecule has 1 saturated heterocycles. The fraction of sp³-hybridized carbons (Fsp3) is 0.579. The SMILES string of the molecule is C=CC[C@H](NC(=O)[C@H](Cc1ccccc1)NS(=O)(=O)N1CCOCC1)C(=O)N[C@H](CC1CCC(c2ccccc2)CC1)[C@H](O)[C@H](O)CC(C)C. The first kappa shape index (κ1) is 39.7. The minimum Gasteiger partial charge on any atom is -0.390 e. The van der Waals surface area contributed by atoms with Crippen LogP contribution < -0.4 is 15.4 Å². The summed E-state index contributed by atoms with van der Waals surface area (Å²) < 4.78 is 35.7. The van der Waals surface area contributed by atoms with Crippen molar-refractivity contribution in [2.45, 2.75) is 101 Å². The average Bonchev–Trinajstić information content (AvgIpc) is 3.11. The van der Waals surface area contributed by atoms with E-state index in [1.54, 1.807) is 12.1 Å². The van der Waals surface area contributed by atoms with Crippen molar-refractivity contribution in [3.8, 4) is 0 Å². The molecule has 0 unspecified atom stereocenters. The van der Waals surface area contributed by atoms with Gasteiger partial charge in [-0.3, -0.25) is 9.59 Å². The number of nitrogens with zero attached hydrogens (tertiary/aromatic N) is 1. The molecule has 12 heteroatoms. The number of carbonyl (C=O) groups is 2. The quantitative estimate of drug-likeness (QED) is 0.148. The fourth-order valence-corrected chi connectivity index (χ4v) is 8.35. The molecule has 11 nitrogen and oxygen atoms in total. The van der Waals surface area contributed by atoms with Crippen LogP contribution in [0.15, 0.2) is 73.3 Å². The number of aliphatic hydroxyl groups excluding tert-OH is 2. The topological polar surface area (TPSA) is 157 Å². The van der Waals surface area contributed by atoms with Gasteiger partial charge in [-0.2, -0.15) is 17.4 Å². The number of benzene rings is 2. The Morgan fingerprint density at radius 2 is 1.52 bits per heavy atom. The third-order valence-corrected chi connectivity index (χ3v) is 11.4. The van der Waals surface area contributed by atoms with Gasteiger partial charge < -0.3 is 25.6 Å². The first-order chi connectivity index (χ1) is 24.0. The normalized spacial score (nSPS) is 21.8. The van der Waals surface area contributed by atoms with Gasteiger partial charge in [0.2, 0.25) is 11.8 Å². The van der Waals surface area contributed by atoms with Gasteiger partial charge in [0.1, 0.15) is 18.2 Å². The Bertz CT molecular complexity index is 1450. The van der Waals surface area contributed by atoms with E-state index in [2.05, 4.69) is 46.2 Å². The number of ether oxygens (including phenoxy) is 1. The van der Waals surface area contributed by atoms with Crippen LogP contribution in [0, 0.1) is 11.8 Å². The van der Waals surface area contributed by atoms with Crippen LogP contribution >= 0.6 is 0 Å². The molecule has 1 aliphatic carbocycles. The Hall–Kier alpha value is -3.13. The van der Waals surface area contributed by atoms with E-state index in [4.69, 9.17) is 4.74 Å². The molecule has 0 bridgehead atoms. The molecule has 0 radical (unpaired) electrons. The molecular weight excluding hydrogens is 657 g/mol. The minimum absolute atomic E-state index is 0.0626. The lowest BCUT2D eigenvalue weighted by atomic mass is 9.76. The third-order valence-electron chi connectivity index (χ3n) is 9.79. The van der Waals surface area contributed by atoms with Crippen LogP contribution in [0.25, 0.3) is 0 Å². The summed E-state index contributed by atoms with van der Waals surface area (Å²) in [6, 6.07) is 16.5. The van der Waals surface area contributed by atoms with Gasteiger partial charge in [-0.25, -0.2) is 0 Å². The van der Waals surface area contributed by atoms with E-state index in [0.717, 1.165) is 31.2 Å². The van der Waals surface area contributed by atoms with Crippen LogP contribution in [-0.2, 0) is 31.0 Å². The van der Waals surface area contributed by atoms with Crippen LogP contribution in [-0.4, -0.2) is 91.4 Å². The predicted octanol–water partition coefficient (Wildman–Crippen LogP) is 3.44. The average molecular weight is 713 g/mol. The highest BCUT2D eigenvalue weighted by Gasteiger charge is 2.36. The van der Waals surface area contributed by atoms with Gasteiger partial charge in [0, 0.05) is 13.1 Å². The van der Waals surface area contributed by atoms with Crippen LogP contribution in [0.5, 0.6) is 0 Å². The summed E-state index contributed by atoms with van der Waals surface area (Å²) in [6.45, 7) is 8.53. The molecule has 2 aromatic carbocycles. The summed E-state index contributed by atoms with van der Waals surface area (Å²) in [6.07, 6.45) is 4.09. The monoisotopic (exact) mass is 712 g/mol. The van der Waals surface area contributed by atoms with Crippen LogP contribution in [0.4, 0.5) is 0 Å². The van der Waals surface area contributed by atoms with E-state index in [0.29, 0.717) is 18.8 Å². The van der Waals surface area contributed by atoms with Crippen LogP contribution in [0.1, 0.15) is 75.8 Å². The first-order valence-corrected chi connectivity index (χ1v) is 19.4. The molecule has 0 spiro atoms. The molecule has 2 aliphatic rings. The maximum atomic E-state index is 13.9. The Balaban J connectivity index is 1.48. The second-order valence-electron chi connectivity index (χ2n) is 14.1. The Labute approximate surface area is 298 Å². The third kappa shape index (κ3) is 12.0. The summed E-state index contributed by atoms with van der Waals surface area (Å²) in [7, 11) is -4.04. The van der Waals surface area contributed by atoms with Crippen molar-refractivity contribution in [2.24, 2.45) is 11.8 Å². The summed E-state index contributed by atoms with van der Waals surface area (Å²) in [5, 5.41) is 28.0. The number of rotatable bonds is 18. The molecule has 0 aromatic heterocycles. The van der Waals surface area contributed by atoms with Gasteiger partial charge in [0.15, 0.2) is 0 Å². The zero-order valence-corrected chi connectivity index (χ0v) is 30.3. The maximum absolute atomic E-state index is 13.9. The molecule has 276 valence electrons. The van der Waals surface area contributed by atoms with Crippen molar-refractivity contribution in [2.75, 3.05) is 26.3 Å². The molecule has 5 atom stereocenters. The van der Waals surface area contributed by atoms with E-state index in [1.165, 1.54) is 15.9 Å². The molecule has 2 aromatic rings. The second kappa shape index (κ2) is 19.5. The van der Waals surface area contributed by atoms with E-state index >= 15 is 0 Å². The number of nitrogens with one attached hydrogen (secondary N) is 3. The highest BCUT2D eigenvalue weighted by Crippen LogP contribution is 2.38. The van der Waals surface area contributed by atoms with Crippen molar-refractivity contribution >= 4 is 22.0 Å². The Kier molecular flexibility index (Phi) is 15.4. The highest BCUT2D eigenvalue weighted by atomic mass is 32.2. The first-order valence-electron chi connectivity index (χ1n) is 18.0. The van der Waals surface area contributed by atoms with Gasteiger partial charge in [0.25, 0.3) is 10.2 Å². The maximum Gasteiger partial charge on any atom is 0.280 e. The molecule has 1 heterocycles. The van der Waals surface area contributed by atoms with Crippen LogP contribution in [0.3, 0.4) is 0 Å². The zero-order chi connectivity index (χ0) is 36.1. The lowest BCUT2D eigenvalue weighted by Gasteiger charge is -2.35. The Morgan fingerprint density at radius 3 is 2.12 bits per heavy atom. The molecule has 5 N–H and O–H groups in total. The van der Waals surface area contributed by atoms with Crippen molar-refractivity contribution < 1.29 is 33.0 Å². The smallest absolute Gasteiger partial charge is 0.280 e. The summed E-state index contributed by atoms with van der Waals surface area (Å²) in [5.41, 5.74) is 2.07. The zero-order valence-electron chi connectivity index (χ0n) is 29.5. The van der Waals surface area contributed by atoms with Crippen molar-refractivity contribution in [1.29, 1.82) is 0 Å². The van der Waals surface area contributed by atoms with Crippen LogP contribution in [0.2, 0.25) is 0 Å². The van der Waals surface area contributed by atoms with E-state index in [1.807, 2.05) is 38.1 Å². The Morgan fingerprint density at radius 1 is 0.920 bits per heavy atom. The van der Waals surface area contributed by atoms with E-state index in [-0.39, 0.29) is 51.0 Å². The number of hydrogen-bond acceptors (Lipinski definition) is 7. The highest BCUT2D eigenvalue weighted by molar-refractivity contribution is 7.87. The predicted molar refractivity (Wildman–Crippen MR) is 194 cm³/mol. The van der Waals surface area contributed by atoms with Gasteiger partial charge >= 0.3 is 0 Å². The molecule has 1 aliphatic heterocycles. The van der Waals surface area contributed by atoms with Gasteiger partial charge in [-0.1, -0.05) is 80.6 Å². The molecule has 4 rings (SSSR count). The minimum atomic E-state index is -4.04. The van der Waals surface area contributed by atoms with E-state index in [9.17, 15) is 28.2 Å². The summed E-state index contributed by atoms with van der Waals surface area (Å²) in [4.78, 5) is 27.7. The van der Waals surface area contributed by atoms with Crippen molar-refractivity contribution in [3.05, 3.63) is 84.4 Å². The molecule has 2 amide bonds. The van der Waals surface area contributed by atoms with E-state index < -0.39 is 52.4 Å². The number of amides is 2. The molecule has 1 saturated carbocycles. The van der Waals surface area contributed by atoms with Crippen molar-refractivity contribution in [1.82, 2.24) is 19.7 Å². The lowest BCUT2D eigenvalue weighted by Crippen LogP contribution is -2.59. The number of morpholine rings is 1. The fourth-order valence-electron chi connectivity index (χ4n) is 7.02. The molecule has 50 heavy (non-hydrogen) atoms. The molecule has 2 fully saturated rings. The number of carbonyl (C=O) groups excluding carboxylic acids is 2. The van der Waals surface area contributed by atoms with Crippen molar-refractivity contribution in [3.63, 3.8) is 0 Å². The van der Waals surface area contributed by atoms with Gasteiger partial charge in [-0.15, -0.1) is 6.58 Å². The van der Waals surface area contributed by atoms with Gasteiger partial charge in [-0.05, 0) is 80.2 Å².